The molecule has 1 fully saturated rings. The maximum Gasteiger partial charge on any atom is 0.235 e. The van der Waals surface area contributed by atoms with Gasteiger partial charge in [-0.15, -0.1) is 10.2 Å². The van der Waals surface area contributed by atoms with Gasteiger partial charge in [0, 0.05) is 36.7 Å². The molecule has 0 aromatic carbocycles. The van der Waals surface area contributed by atoms with Gasteiger partial charge in [-0.05, 0) is 44.4 Å². The number of nitriles is 1. The molecule has 0 bridgehead atoms. The second kappa shape index (κ2) is 8.94. The van der Waals surface area contributed by atoms with Gasteiger partial charge in [0.05, 0.1) is 11.3 Å². The molecule has 1 amide bonds. The van der Waals surface area contributed by atoms with Crippen LogP contribution in [0.15, 0.2) is 29.7 Å². The summed E-state index contributed by atoms with van der Waals surface area (Å²) in [4.78, 5) is 16.9. The zero-order chi connectivity index (χ0) is 22.0. The first kappa shape index (κ1) is 21.1. The molecule has 0 aliphatic heterocycles. The van der Waals surface area contributed by atoms with Crippen LogP contribution < -0.4 is 5.32 Å². The average molecular weight is 436 g/mol. The Morgan fingerprint density at radius 3 is 2.77 bits per heavy atom. The lowest BCUT2D eigenvalue weighted by Gasteiger charge is -2.19. The number of thioether (sulfide) groups is 1. The summed E-state index contributed by atoms with van der Waals surface area (Å²) in [6, 6.07) is 6.39. The van der Waals surface area contributed by atoms with E-state index in [1.54, 1.807) is 12.4 Å². The van der Waals surface area contributed by atoms with Crippen LogP contribution in [0.25, 0.3) is 11.4 Å². The summed E-state index contributed by atoms with van der Waals surface area (Å²) in [7, 11) is 1.87. The minimum Gasteiger partial charge on any atom is -0.327 e. The standard InChI is InChI=1S/C22H25N7OS/c1-14-15(2)29(17-8-4-5-9-17)21(18(14)11-23)25-19(30)13-31-22-27-26-20(28(22)3)16-7-6-10-24-12-16/h6-7,10,12,17H,4-5,8-9,13H2,1-3H3,(H,25,30). The number of hydrogen-bond donors (Lipinski definition) is 1. The van der Waals surface area contributed by atoms with E-state index in [4.69, 9.17) is 0 Å². The van der Waals surface area contributed by atoms with Crippen molar-refractivity contribution in [3.63, 3.8) is 0 Å². The highest BCUT2D eigenvalue weighted by Crippen LogP contribution is 2.37. The quantitative estimate of drug-likeness (QED) is 0.587. The van der Waals surface area contributed by atoms with Crippen molar-refractivity contribution in [1.82, 2.24) is 24.3 Å². The molecule has 1 aliphatic rings. The van der Waals surface area contributed by atoms with Gasteiger partial charge in [0.1, 0.15) is 11.9 Å². The van der Waals surface area contributed by atoms with Crippen LogP contribution in [0.5, 0.6) is 0 Å². The molecule has 1 aliphatic carbocycles. The Morgan fingerprint density at radius 2 is 2.10 bits per heavy atom. The van der Waals surface area contributed by atoms with Gasteiger partial charge in [-0.25, -0.2) is 0 Å². The first-order chi connectivity index (χ1) is 15.0. The highest BCUT2D eigenvalue weighted by atomic mass is 32.2. The Morgan fingerprint density at radius 1 is 1.32 bits per heavy atom. The van der Waals surface area contributed by atoms with Crippen LogP contribution in [0.3, 0.4) is 0 Å². The molecule has 0 atom stereocenters. The maximum absolute atomic E-state index is 12.8. The highest BCUT2D eigenvalue weighted by Gasteiger charge is 2.26. The Kier molecular flexibility index (Phi) is 6.09. The first-order valence-electron chi connectivity index (χ1n) is 10.3. The number of nitrogens with one attached hydrogen (secondary N) is 1. The van der Waals surface area contributed by atoms with Crippen LogP contribution in [0, 0.1) is 25.2 Å². The van der Waals surface area contributed by atoms with Crippen LogP contribution in [-0.4, -0.2) is 36.0 Å². The van der Waals surface area contributed by atoms with E-state index in [0.717, 1.165) is 29.7 Å². The molecule has 160 valence electrons. The van der Waals surface area contributed by atoms with Gasteiger partial charge in [0.25, 0.3) is 0 Å². The van der Waals surface area contributed by atoms with E-state index >= 15 is 0 Å². The third-order valence-corrected chi connectivity index (χ3v) is 6.92. The predicted octanol–water partition coefficient (Wildman–Crippen LogP) is 4.01. The fourth-order valence-corrected chi connectivity index (χ4v) is 4.90. The van der Waals surface area contributed by atoms with E-state index in [1.807, 2.05) is 37.6 Å². The van der Waals surface area contributed by atoms with Gasteiger partial charge in [0.2, 0.25) is 5.91 Å². The molecular formula is C22H25N7OS. The molecule has 3 aromatic heterocycles. The van der Waals surface area contributed by atoms with Crippen LogP contribution in [0.4, 0.5) is 5.82 Å². The topological polar surface area (TPSA) is 101 Å². The number of amides is 1. The van der Waals surface area contributed by atoms with Crippen LogP contribution >= 0.6 is 11.8 Å². The molecule has 0 saturated heterocycles. The molecule has 3 aromatic rings. The summed E-state index contributed by atoms with van der Waals surface area (Å²) in [6.45, 7) is 3.97. The van der Waals surface area contributed by atoms with Gasteiger partial charge >= 0.3 is 0 Å². The molecule has 8 nitrogen and oxygen atoms in total. The monoisotopic (exact) mass is 435 g/mol. The largest absolute Gasteiger partial charge is 0.327 e. The second-order valence-corrected chi connectivity index (χ2v) is 8.74. The lowest BCUT2D eigenvalue weighted by Crippen LogP contribution is -2.20. The van der Waals surface area contributed by atoms with Gasteiger partial charge in [-0.2, -0.15) is 5.26 Å². The average Bonchev–Trinajstić information content (AvgIpc) is 3.47. The second-order valence-electron chi connectivity index (χ2n) is 7.80. The van der Waals surface area contributed by atoms with Crippen molar-refractivity contribution in [2.75, 3.05) is 11.1 Å². The smallest absolute Gasteiger partial charge is 0.235 e. The third-order valence-electron chi connectivity index (χ3n) is 5.90. The number of anilines is 1. The molecule has 1 saturated carbocycles. The van der Waals surface area contributed by atoms with Crippen molar-refractivity contribution in [2.24, 2.45) is 7.05 Å². The molecule has 9 heteroatoms. The zero-order valence-corrected chi connectivity index (χ0v) is 18.7. The summed E-state index contributed by atoms with van der Waals surface area (Å²) in [5.41, 5.74) is 3.42. The van der Waals surface area contributed by atoms with Gasteiger partial charge in [-0.1, -0.05) is 24.6 Å². The summed E-state index contributed by atoms with van der Waals surface area (Å²) in [5, 5.41) is 21.8. The number of carbonyl (C=O) groups excluding carboxylic acids is 1. The van der Waals surface area contributed by atoms with Crippen molar-refractivity contribution in [2.45, 2.75) is 50.7 Å². The number of aromatic nitrogens is 5. The molecule has 1 N–H and O–H groups in total. The summed E-state index contributed by atoms with van der Waals surface area (Å²) in [6.07, 6.45) is 7.95. The first-order valence-corrected chi connectivity index (χ1v) is 11.3. The summed E-state index contributed by atoms with van der Waals surface area (Å²) < 4.78 is 4.01. The molecule has 0 spiro atoms. The Bertz CT molecular complexity index is 1140. The summed E-state index contributed by atoms with van der Waals surface area (Å²) >= 11 is 1.32. The summed E-state index contributed by atoms with van der Waals surface area (Å²) in [5.74, 6) is 1.34. The Balaban J connectivity index is 1.50. The van der Waals surface area contributed by atoms with Gasteiger partial charge < -0.3 is 14.5 Å². The van der Waals surface area contributed by atoms with E-state index in [0.29, 0.717) is 28.4 Å². The Labute approximate surface area is 185 Å². The minimum atomic E-state index is -0.163. The van der Waals surface area contributed by atoms with E-state index in [2.05, 4.69) is 31.1 Å². The van der Waals surface area contributed by atoms with Crippen LogP contribution in [-0.2, 0) is 11.8 Å². The predicted molar refractivity (Wildman–Crippen MR) is 120 cm³/mol. The van der Waals surface area contributed by atoms with Gasteiger partial charge in [0.15, 0.2) is 11.0 Å². The van der Waals surface area contributed by atoms with E-state index in [9.17, 15) is 10.1 Å². The van der Waals surface area contributed by atoms with Crippen molar-refractivity contribution in [3.05, 3.63) is 41.3 Å². The lowest BCUT2D eigenvalue weighted by molar-refractivity contribution is -0.113. The fourth-order valence-electron chi connectivity index (χ4n) is 4.19. The number of hydrogen-bond acceptors (Lipinski definition) is 6. The van der Waals surface area contributed by atoms with E-state index in [1.165, 1.54) is 24.6 Å². The SMILES string of the molecule is Cc1c(C#N)c(NC(=O)CSc2nnc(-c3cccnc3)n2C)n(C2CCCC2)c1C. The van der Waals surface area contributed by atoms with Gasteiger partial charge in [-0.3, -0.25) is 9.78 Å². The molecule has 31 heavy (non-hydrogen) atoms. The lowest BCUT2D eigenvalue weighted by atomic mass is 10.2. The number of pyridine rings is 1. The van der Waals surface area contributed by atoms with E-state index < -0.39 is 0 Å². The highest BCUT2D eigenvalue weighted by molar-refractivity contribution is 7.99. The van der Waals surface area contributed by atoms with Crippen LogP contribution in [0.1, 0.15) is 48.5 Å². The molecule has 0 radical (unpaired) electrons. The number of rotatable bonds is 6. The maximum atomic E-state index is 12.8. The molecule has 3 heterocycles. The number of nitrogens with zero attached hydrogens (tertiary/aromatic N) is 6. The molecule has 4 rings (SSSR count). The van der Waals surface area contributed by atoms with Crippen LogP contribution in [0.2, 0.25) is 0 Å². The van der Waals surface area contributed by atoms with E-state index in [-0.39, 0.29) is 11.7 Å². The fraction of sp³-hybridized carbons (Fsp3) is 0.409. The van der Waals surface area contributed by atoms with Crippen molar-refractivity contribution in [3.8, 4) is 17.5 Å². The minimum absolute atomic E-state index is 0.163. The molecule has 0 unspecified atom stereocenters. The zero-order valence-electron chi connectivity index (χ0n) is 17.9. The van der Waals surface area contributed by atoms with Crippen molar-refractivity contribution in [1.29, 1.82) is 5.26 Å². The van der Waals surface area contributed by atoms with Crippen molar-refractivity contribution < 1.29 is 4.79 Å². The normalized spacial score (nSPS) is 14.0. The molecular weight excluding hydrogens is 410 g/mol. The Hall–Kier alpha value is -3.12. The third kappa shape index (κ3) is 4.08. The van der Waals surface area contributed by atoms with Crippen molar-refractivity contribution >= 4 is 23.5 Å². The number of carbonyl (C=O) groups is 1.